The van der Waals surface area contributed by atoms with Crippen LogP contribution in [0.15, 0.2) is 54.6 Å². The van der Waals surface area contributed by atoms with E-state index >= 15 is 0 Å². The van der Waals surface area contributed by atoms with Gasteiger partial charge < -0.3 is 15.8 Å². The zero-order valence-electron chi connectivity index (χ0n) is 12.9. The first kappa shape index (κ1) is 14.9. The number of benzene rings is 2. The molecule has 0 spiro atoms. The zero-order valence-corrected chi connectivity index (χ0v) is 12.9. The molecular formula is C19H24N2O. The van der Waals surface area contributed by atoms with Crippen LogP contribution in [-0.2, 0) is 0 Å². The molecule has 0 amide bonds. The highest BCUT2D eigenvalue weighted by Crippen LogP contribution is 2.25. The van der Waals surface area contributed by atoms with Crippen molar-refractivity contribution in [3.63, 3.8) is 0 Å². The second-order valence-electron chi connectivity index (χ2n) is 6.10. The van der Waals surface area contributed by atoms with Crippen LogP contribution in [0.4, 0.5) is 5.69 Å². The summed E-state index contributed by atoms with van der Waals surface area (Å²) in [5.41, 5.74) is 7.10. The second kappa shape index (κ2) is 7.32. The topological polar surface area (TPSA) is 47.3 Å². The molecule has 1 aliphatic rings. The Hall–Kier alpha value is -2.00. The van der Waals surface area contributed by atoms with Crippen molar-refractivity contribution in [1.29, 1.82) is 0 Å². The van der Waals surface area contributed by atoms with Gasteiger partial charge in [-0.05, 0) is 68.0 Å². The van der Waals surface area contributed by atoms with Crippen LogP contribution in [0.3, 0.4) is 0 Å². The minimum Gasteiger partial charge on any atom is -0.457 e. The van der Waals surface area contributed by atoms with Crippen LogP contribution in [0.25, 0.3) is 0 Å². The fraction of sp³-hybridized carbons (Fsp3) is 0.368. The van der Waals surface area contributed by atoms with E-state index < -0.39 is 0 Å². The van der Waals surface area contributed by atoms with E-state index in [9.17, 15) is 0 Å². The van der Waals surface area contributed by atoms with Crippen LogP contribution in [0.2, 0.25) is 0 Å². The lowest BCUT2D eigenvalue weighted by molar-refractivity contribution is 0.339. The Labute approximate surface area is 132 Å². The second-order valence-corrected chi connectivity index (χ2v) is 6.10. The molecule has 0 saturated heterocycles. The van der Waals surface area contributed by atoms with Gasteiger partial charge in [-0.25, -0.2) is 0 Å². The number of para-hydroxylation sites is 1. The Morgan fingerprint density at radius 3 is 2.18 bits per heavy atom. The van der Waals surface area contributed by atoms with Gasteiger partial charge in [-0.3, -0.25) is 0 Å². The zero-order chi connectivity index (χ0) is 15.2. The molecular weight excluding hydrogens is 272 g/mol. The minimum absolute atomic E-state index is 0.422. The molecule has 0 radical (unpaired) electrons. The molecule has 1 fully saturated rings. The van der Waals surface area contributed by atoms with Gasteiger partial charge in [0.1, 0.15) is 11.5 Å². The molecule has 3 nitrogen and oxygen atoms in total. The molecule has 3 N–H and O–H groups in total. The molecule has 2 aromatic rings. The van der Waals surface area contributed by atoms with Gasteiger partial charge in [-0.2, -0.15) is 0 Å². The highest BCUT2D eigenvalue weighted by atomic mass is 16.5. The molecule has 0 unspecified atom stereocenters. The maximum Gasteiger partial charge on any atom is 0.127 e. The van der Waals surface area contributed by atoms with Crippen molar-refractivity contribution >= 4 is 5.69 Å². The van der Waals surface area contributed by atoms with Crippen LogP contribution >= 0.6 is 0 Å². The van der Waals surface area contributed by atoms with Gasteiger partial charge in [-0.15, -0.1) is 0 Å². The fourth-order valence-electron chi connectivity index (χ4n) is 2.92. The van der Waals surface area contributed by atoms with Crippen molar-refractivity contribution in [3.8, 4) is 11.5 Å². The summed E-state index contributed by atoms with van der Waals surface area (Å²) in [6, 6.07) is 18.4. The van der Waals surface area contributed by atoms with Gasteiger partial charge in [0.05, 0.1) is 0 Å². The van der Waals surface area contributed by atoms with Crippen LogP contribution in [-0.4, -0.2) is 12.6 Å². The molecule has 0 aromatic heterocycles. The smallest absolute Gasteiger partial charge is 0.127 e. The first-order valence-electron chi connectivity index (χ1n) is 8.12. The molecule has 2 aromatic carbocycles. The summed E-state index contributed by atoms with van der Waals surface area (Å²) in [7, 11) is 0. The van der Waals surface area contributed by atoms with Gasteiger partial charge in [0.25, 0.3) is 0 Å². The van der Waals surface area contributed by atoms with E-state index in [0.29, 0.717) is 6.04 Å². The average molecular weight is 296 g/mol. The first-order valence-corrected chi connectivity index (χ1v) is 8.12. The Morgan fingerprint density at radius 2 is 1.50 bits per heavy atom. The Bertz CT molecular complexity index is 560. The van der Waals surface area contributed by atoms with Crippen molar-refractivity contribution in [2.45, 2.75) is 31.7 Å². The van der Waals surface area contributed by atoms with Crippen LogP contribution < -0.4 is 15.8 Å². The quantitative estimate of drug-likeness (QED) is 0.859. The number of nitrogens with two attached hydrogens (primary N) is 1. The summed E-state index contributed by atoms with van der Waals surface area (Å²) in [4.78, 5) is 0. The van der Waals surface area contributed by atoms with E-state index in [4.69, 9.17) is 10.5 Å². The minimum atomic E-state index is 0.422. The fourth-order valence-corrected chi connectivity index (χ4v) is 2.92. The van der Waals surface area contributed by atoms with E-state index in [1.807, 2.05) is 42.5 Å². The molecule has 0 bridgehead atoms. The monoisotopic (exact) mass is 296 g/mol. The third-order valence-electron chi connectivity index (χ3n) is 4.32. The Balaban J connectivity index is 1.49. The Kier molecular flexibility index (Phi) is 4.96. The molecule has 0 aliphatic heterocycles. The standard InChI is InChI=1S/C19H24N2O/c20-16-8-6-15(7-9-16)14-21-17-10-12-19(13-11-17)22-18-4-2-1-3-5-18/h1-5,10-13,15-16,21H,6-9,14,20H2/t15-,16-. The summed E-state index contributed by atoms with van der Waals surface area (Å²) in [6.07, 6.45) is 4.80. The number of hydrogen-bond donors (Lipinski definition) is 2. The molecule has 3 heteroatoms. The van der Waals surface area contributed by atoms with Gasteiger partial charge in [-0.1, -0.05) is 18.2 Å². The van der Waals surface area contributed by atoms with Gasteiger partial charge >= 0.3 is 0 Å². The average Bonchev–Trinajstić information content (AvgIpc) is 2.57. The van der Waals surface area contributed by atoms with E-state index in [2.05, 4.69) is 17.4 Å². The van der Waals surface area contributed by atoms with Crippen molar-refractivity contribution in [2.75, 3.05) is 11.9 Å². The molecule has 116 valence electrons. The highest BCUT2D eigenvalue weighted by Gasteiger charge is 2.17. The normalized spacial score (nSPS) is 21.3. The third-order valence-corrected chi connectivity index (χ3v) is 4.32. The van der Waals surface area contributed by atoms with Crippen LogP contribution in [0, 0.1) is 5.92 Å². The largest absolute Gasteiger partial charge is 0.457 e. The molecule has 1 aliphatic carbocycles. The predicted molar refractivity (Wildman–Crippen MR) is 91.4 cm³/mol. The van der Waals surface area contributed by atoms with Crippen molar-refractivity contribution in [2.24, 2.45) is 11.7 Å². The maximum atomic E-state index is 5.95. The maximum absolute atomic E-state index is 5.95. The third kappa shape index (κ3) is 4.25. The van der Waals surface area contributed by atoms with E-state index in [1.165, 1.54) is 12.8 Å². The van der Waals surface area contributed by atoms with Crippen molar-refractivity contribution in [3.05, 3.63) is 54.6 Å². The van der Waals surface area contributed by atoms with E-state index in [1.54, 1.807) is 0 Å². The SMILES string of the molecule is N[C@H]1CC[C@H](CNc2ccc(Oc3ccccc3)cc2)CC1. The number of nitrogens with one attached hydrogen (secondary N) is 1. The number of anilines is 1. The number of hydrogen-bond acceptors (Lipinski definition) is 3. The van der Waals surface area contributed by atoms with E-state index in [0.717, 1.165) is 42.5 Å². The summed E-state index contributed by atoms with van der Waals surface area (Å²) < 4.78 is 5.80. The molecule has 3 rings (SSSR count). The lowest BCUT2D eigenvalue weighted by Gasteiger charge is -2.26. The number of rotatable bonds is 5. The summed E-state index contributed by atoms with van der Waals surface area (Å²) in [5, 5.41) is 3.52. The first-order chi connectivity index (χ1) is 10.8. The highest BCUT2D eigenvalue weighted by molar-refractivity contribution is 5.47. The molecule has 0 heterocycles. The summed E-state index contributed by atoms with van der Waals surface area (Å²) in [5.74, 6) is 2.47. The van der Waals surface area contributed by atoms with Gasteiger partial charge in [0, 0.05) is 18.3 Å². The summed E-state index contributed by atoms with van der Waals surface area (Å²) in [6.45, 7) is 1.03. The van der Waals surface area contributed by atoms with Gasteiger partial charge in [0.2, 0.25) is 0 Å². The molecule has 1 saturated carbocycles. The number of ether oxygens (including phenoxy) is 1. The molecule has 0 atom stereocenters. The van der Waals surface area contributed by atoms with E-state index in [-0.39, 0.29) is 0 Å². The lowest BCUT2D eigenvalue weighted by Crippen LogP contribution is -2.29. The van der Waals surface area contributed by atoms with Gasteiger partial charge in [0.15, 0.2) is 0 Å². The van der Waals surface area contributed by atoms with Crippen LogP contribution in [0.5, 0.6) is 11.5 Å². The molecule has 22 heavy (non-hydrogen) atoms. The predicted octanol–water partition coefficient (Wildman–Crippen LogP) is 4.41. The lowest BCUT2D eigenvalue weighted by atomic mass is 9.86. The van der Waals surface area contributed by atoms with Crippen molar-refractivity contribution in [1.82, 2.24) is 0 Å². The Morgan fingerprint density at radius 1 is 0.864 bits per heavy atom. The summed E-state index contributed by atoms with van der Waals surface area (Å²) >= 11 is 0. The van der Waals surface area contributed by atoms with Crippen molar-refractivity contribution < 1.29 is 4.74 Å². The van der Waals surface area contributed by atoms with Crippen LogP contribution in [0.1, 0.15) is 25.7 Å².